The van der Waals surface area contributed by atoms with Crippen LogP contribution in [-0.4, -0.2) is 31.6 Å². The second-order valence-electron chi connectivity index (χ2n) is 3.39. The van der Waals surface area contributed by atoms with Crippen LogP contribution in [-0.2, 0) is 9.53 Å². The van der Waals surface area contributed by atoms with Crippen molar-refractivity contribution in [2.24, 2.45) is 11.5 Å². The number of ether oxygens (including phenoxy) is 1. The molecule has 0 saturated heterocycles. The molecule has 0 fully saturated rings. The van der Waals surface area contributed by atoms with Gasteiger partial charge in [-0.2, -0.15) is 0 Å². The van der Waals surface area contributed by atoms with Crippen LogP contribution in [0.1, 0.15) is 10.4 Å². The predicted octanol–water partition coefficient (Wildman–Crippen LogP) is 0.119. The summed E-state index contributed by atoms with van der Waals surface area (Å²) in [6.07, 6.45) is -0.716. The lowest BCUT2D eigenvalue weighted by Gasteiger charge is -2.13. The predicted molar refractivity (Wildman–Crippen MR) is 70.7 cm³/mol. The van der Waals surface area contributed by atoms with Crippen molar-refractivity contribution in [3.8, 4) is 0 Å². The smallest absolute Gasteiger partial charge is 0.254 e. The molecule has 0 heterocycles. The van der Waals surface area contributed by atoms with Crippen LogP contribution in [0.15, 0.2) is 24.3 Å². The molecule has 0 radical (unpaired) electrons. The van der Waals surface area contributed by atoms with Gasteiger partial charge in [0.1, 0.15) is 6.10 Å². The van der Waals surface area contributed by atoms with Crippen LogP contribution in [0.5, 0.6) is 0 Å². The molecule has 1 atom stereocenters. The van der Waals surface area contributed by atoms with Crippen molar-refractivity contribution in [1.82, 2.24) is 0 Å². The van der Waals surface area contributed by atoms with Crippen LogP contribution >= 0.6 is 12.4 Å². The Bertz CT molecular complexity index is 422. The Labute approximate surface area is 111 Å². The van der Waals surface area contributed by atoms with Gasteiger partial charge in [0.25, 0.3) is 5.91 Å². The number of anilines is 1. The monoisotopic (exact) mass is 273 g/mol. The fraction of sp³-hybridized carbons (Fsp3) is 0.273. The molecule has 6 nitrogen and oxygen atoms in total. The largest absolute Gasteiger partial charge is 0.370 e. The zero-order valence-corrected chi connectivity index (χ0v) is 10.7. The van der Waals surface area contributed by atoms with Crippen molar-refractivity contribution in [3.63, 3.8) is 0 Å². The molecule has 0 bridgehead atoms. The molecule has 0 aliphatic carbocycles. The maximum Gasteiger partial charge on any atom is 0.254 e. The average Bonchev–Trinajstić information content (AvgIpc) is 2.30. The van der Waals surface area contributed by atoms with Crippen LogP contribution in [0, 0.1) is 0 Å². The second-order valence-corrected chi connectivity index (χ2v) is 3.39. The van der Waals surface area contributed by atoms with Crippen LogP contribution in [0.25, 0.3) is 0 Å². The number of carbonyl (C=O) groups is 2. The summed E-state index contributed by atoms with van der Waals surface area (Å²) < 4.78 is 4.88. The van der Waals surface area contributed by atoms with Gasteiger partial charge in [0, 0.05) is 24.9 Å². The van der Waals surface area contributed by atoms with Crippen molar-refractivity contribution in [2.75, 3.05) is 19.0 Å². The van der Waals surface area contributed by atoms with Crippen LogP contribution in [0.3, 0.4) is 0 Å². The normalized spacial score (nSPS) is 11.2. The molecule has 2 amide bonds. The molecule has 1 aromatic rings. The van der Waals surface area contributed by atoms with Crippen molar-refractivity contribution < 1.29 is 14.3 Å². The number of hydrogen-bond acceptors (Lipinski definition) is 4. The SMILES string of the molecule is COC(CN)C(=O)Nc1cccc(C(N)=O)c1.Cl. The van der Waals surface area contributed by atoms with E-state index in [1.54, 1.807) is 18.2 Å². The lowest BCUT2D eigenvalue weighted by molar-refractivity contribution is -0.125. The van der Waals surface area contributed by atoms with E-state index in [2.05, 4.69) is 5.32 Å². The third kappa shape index (κ3) is 4.33. The van der Waals surface area contributed by atoms with Crippen LogP contribution in [0.2, 0.25) is 0 Å². The molecule has 0 aliphatic heterocycles. The number of benzene rings is 1. The highest BCUT2D eigenvalue weighted by Gasteiger charge is 2.15. The van der Waals surface area contributed by atoms with Crippen LogP contribution < -0.4 is 16.8 Å². The minimum Gasteiger partial charge on any atom is -0.370 e. The minimum atomic E-state index is -0.716. The summed E-state index contributed by atoms with van der Waals surface area (Å²) in [5, 5.41) is 2.59. The standard InChI is InChI=1S/C11H15N3O3.ClH/c1-17-9(6-12)11(16)14-8-4-2-3-7(5-8)10(13)15;/h2-5,9H,6,12H2,1H3,(H2,13,15)(H,14,16);1H. The third-order valence-corrected chi connectivity index (χ3v) is 2.21. The first-order valence-corrected chi connectivity index (χ1v) is 5.02. The first kappa shape index (κ1) is 16.4. The molecule has 1 unspecified atom stereocenters. The highest BCUT2D eigenvalue weighted by molar-refractivity contribution is 5.97. The Morgan fingerprint density at radius 2 is 2.11 bits per heavy atom. The van der Waals surface area contributed by atoms with Gasteiger partial charge < -0.3 is 21.5 Å². The number of amides is 2. The Hall–Kier alpha value is -1.63. The van der Waals surface area contributed by atoms with Gasteiger partial charge in [0.05, 0.1) is 0 Å². The van der Waals surface area contributed by atoms with E-state index in [1.165, 1.54) is 13.2 Å². The number of nitrogens with two attached hydrogens (primary N) is 2. The number of halogens is 1. The number of rotatable bonds is 5. The van der Waals surface area contributed by atoms with Crippen molar-refractivity contribution in [3.05, 3.63) is 29.8 Å². The Kier molecular flexibility index (Phi) is 6.96. The average molecular weight is 274 g/mol. The number of methoxy groups -OCH3 is 1. The molecule has 0 aliphatic rings. The fourth-order valence-electron chi connectivity index (χ4n) is 1.28. The van der Waals surface area contributed by atoms with E-state index in [1.807, 2.05) is 0 Å². The topological polar surface area (TPSA) is 107 Å². The summed E-state index contributed by atoms with van der Waals surface area (Å²) in [6, 6.07) is 6.33. The van der Waals surface area contributed by atoms with Crippen molar-refractivity contribution in [2.45, 2.75) is 6.10 Å². The quantitative estimate of drug-likeness (QED) is 0.708. The maximum atomic E-state index is 11.6. The summed E-state index contributed by atoms with van der Waals surface area (Å²) in [7, 11) is 1.40. The number of hydrogen-bond donors (Lipinski definition) is 3. The van der Waals surface area contributed by atoms with Crippen LogP contribution in [0.4, 0.5) is 5.69 Å². The molecule has 100 valence electrons. The summed E-state index contributed by atoms with van der Waals surface area (Å²) >= 11 is 0. The molecule has 0 spiro atoms. The minimum absolute atomic E-state index is 0. The molecule has 0 aromatic heterocycles. The lowest BCUT2D eigenvalue weighted by Crippen LogP contribution is -2.35. The van der Waals surface area contributed by atoms with E-state index < -0.39 is 12.0 Å². The summed E-state index contributed by atoms with van der Waals surface area (Å²) in [4.78, 5) is 22.6. The van der Waals surface area contributed by atoms with E-state index in [-0.39, 0.29) is 24.9 Å². The fourth-order valence-corrected chi connectivity index (χ4v) is 1.28. The highest BCUT2D eigenvalue weighted by Crippen LogP contribution is 2.10. The van der Waals surface area contributed by atoms with Gasteiger partial charge in [-0.15, -0.1) is 12.4 Å². The summed E-state index contributed by atoms with van der Waals surface area (Å²) in [5.74, 6) is -0.917. The lowest BCUT2D eigenvalue weighted by atomic mass is 10.2. The Morgan fingerprint density at radius 3 is 2.61 bits per heavy atom. The first-order chi connectivity index (χ1) is 8.08. The summed E-state index contributed by atoms with van der Waals surface area (Å²) in [6.45, 7) is 0.0812. The van der Waals surface area contributed by atoms with Gasteiger partial charge in [0.15, 0.2) is 0 Å². The van der Waals surface area contributed by atoms with Gasteiger partial charge in [-0.3, -0.25) is 9.59 Å². The maximum absolute atomic E-state index is 11.6. The highest BCUT2D eigenvalue weighted by atomic mass is 35.5. The molecule has 1 rings (SSSR count). The Balaban J connectivity index is 0.00000289. The number of primary amides is 1. The zero-order valence-electron chi connectivity index (χ0n) is 9.88. The van der Waals surface area contributed by atoms with Gasteiger partial charge in [-0.25, -0.2) is 0 Å². The first-order valence-electron chi connectivity index (χ1n) is 5.02. The second kappa shape index (κ2) is 7.65. The van der Waals surface area contributed by atoms with Crippen molar-refractivity contribution in [1.29, 1.82) is 0 Å². The number of carbonyl (C=O) groups excluding carboxylic acids is 2. The van der Waals surface area contributed by atoms with E-state index >= 15 is 0 Å². The molecular weight excluding hydrogens is 258 g/mol. The molecule has 0 saturated carbocycles. The molecule has 18 heavy (non-hydrogen) atoms. The third-order valence-electron chi connectivity index (χ3n) is 2.21. The van der Waals surface area contributed by atoms with Gasteiger partial charge >= 0.3 is 0 Å². The molecule has 1 aromatic carbocycles. The van der Waals surface area contributed by atoms with E-state index in [0.717, 1.165) is 0 Å². The molecule has 5 N–H and O–H groups in total. The van der Waals surface area contributed by atoms with E-state index in [4.69, 9.17) is 16.2 Å². The van der Waals surface area contributed by atoms with Gasteiger partial charge in [-0.05, 0) is 18.2 Å². The Morgan fingerprint density at radius 1 is 1.44 bits per heavy atom. The van der Waals surface area contributed by atoms with E-state index in [9.17, 15) is 9.59 Å². The number of nitrogens with one attached hydrogen (secondary N) is 1. The molecular formula is C11H16ClN3O3. The van der Waals surface area contributed by atoms with Crippen molar-refractivity contribution >= 4 is 29.9 Å². The van der Waals surface area contributed by atoms with Gasteiger partial charge in [-0.1, -0.05) is 6.07 Å². The zero-order chi connectivity index (χ0) is 12.8. The summed E-state index contributed by atoms with van der Waals surface area (Å²) in [5.41, 5.74) is 11.3. The molecule has 7 heteroatoms. The van der Waals surface area contributed by atoms with Gasteiger partial charge in [0.2, 0.25) is 5.91 Å². The van der Waals surface area contributed by atoms with E-state index in [0.29, 0.717) is 11.3 Å².